The van der Waals surface area contributed by atoms with Crippen molar-refractivity contribution in [2.45, 2.75) is 12.8 Å². The van der Waals surface area contributed by atoms with E-state index in [1.165, 1.54) is 0 Å². The third kappa shape index (κ3) is 8.77. The number of hydrogen-bond acceptors (Lipinski definition) is 4. The number of carboxylic acid groups (broad SMARTS) is 1. The van der Waals surface area contributed by atoms with Crippen molar-refractivity contribution in [2.24, 2.45) is 5.73 Å². The van der Waals surface area contributed by atoms with Crippen molar-refractivity contribution in [3.05, 3.63) is 0 Å². The molecule has 4 N–H and O–H groups in total. The molecule has 0 aromatic carbocycles. The number of amidine groups is 1. The third-order valence-corrected chi connectivity index (χ3v) is 2.35. The largest absolute Gasteiger partial charge is 0.481 e. The summed E-state index contributed by atoms with van der Waals surface area (Å²) in [4.78, 5) is 23.1. The summed E-state index contributed by atoms with van der Waals surface area (Å²) >= 11 is 4.99. The van der Waals surface area contributed by atoms with E-state index in [0.29, 0.717) is 26.3 Å². The second kappa shape index (κ2) is 9.67. The number of carboxylic acids is 1. The predicted molar refractivity (Wildman–Crippen MR) is 66.9 cm³/mol. The number of ether oxygens (including phenoxy) is 1. The molecule has 0 bridgehead atoms. The molecule has 0 saturated carbocycles. The normalized spacial score (nSPS) is 14.4. The zero-order chi connectivity index (χ0) is 14.0. The van der Waals surface area contributed by atoms with E-state index in [4.69, 9.17) is 32.6 Å². The van der Waals surface area contributed by atoms with Gasteiger partial charge in [-0.2, -0.15) is 0 Å². The highest BCUT2D eigenvalue weighted by Gasteiger charge is 2.16. The Balaban J connectivity index is 0.000000494. The van der Waals surface area contributed by atoms with E-state index in [9.17, 15) is 9.59 Å². The van der Waals surface area contributed by atoms with E-state index in [2.05, 4.69) is 0 Å². The van der Waals surface area contributed by atoms with Gasteiger partial charge in [0.1, 0.15) is 5.84 Å². The smallest absolute Gasteiger partial charge is 0.303 e. The molecule has 0 aliphatic carbocycles. The maximum absolute atomic E-state index is 11.3. The minimum Gasteiger partial charge on any atom is -0.481 e. The molecule has 0 radical (unpaired) electrons. The van der Waals surface area contributed by atoms with Crippen LogP contribution < -0.4 is 5.73 Å². The van der Waals surface area contributed by atoms with Gasteiger partial charge in [0.25, 0.3) is 0 Å². The van der Waals surface area contributed by atoms with E-state index >= 15 is 0 Å². The van der Waals surface area contributed by atoms with Crippen LogP contribution in [0.15, 0.2) is 0 Å². The number of halogens is 1. The number of nitrogens with two attached hydrogens (primary N) is 1. The van der Waals surface area contributed by atoms with Crippen LogP contribution in [0.1, 0.15) is 12.8 Å². The van der Waals surface area contributed by atoms with Crippen LogP contribution in [0.25, 0.3) is 0 Å². The van der Waals surface area contributed by atoms with Gasteiger partial charge >= 0.3 is 5.97 Å². The van der Waals surface area contributed by atoms with Gasteiger partial charge in [0.15, 0.2) is 0 Å². The van der Waals surface area contributed by atoms with Crippen molar-refractivity contribution in [1.29, 1.82) is 5.41 Å². The average molecular weight is 280 g/mol. The summed E-state index contributed by atoms with van der Waals surface area (Å²) < 4.78 is 5.07. The SMILES string of the molecule is N=C(N)CCl.O=C(O)CCC(=O)N1CCOCC1. The van der Waals surface area contributed by atoms with Crippen molar-refractivity contribution in [1.82, 2.24) is 4.90 Å². The highest BCUT2D eigenvalue weighted by molar-refractivity contribution is 6.27. The van der Waals surface area contributed by atoms with Crippen LogP contribution >= 0.6 is 11.6 Å². The Kier molecular flexibility index (Phi) is 8.95. The van der Waals surface area contributed by atoms with Crippen molar-refractivity contribution >= 4 is 29.3 Å². The lowest BCUT2D eigenvalue weighted by atomic mass is 10.2. The molecule has 1 rings (SSSR count). The van der Waals surface area contributed by atoms with Crippen molar-refractivity contribution in [3.63, 3.8) is 0 Å². The molecule has 1 amide bonds. The lowest BCUT2D eigenvalue weighted by Gasteiger charge is -2.26. The number of rotatable bonds is 4. The molecule has 8 heteroatoms. The van der Waals surface area contributed by atoms with Crippen LogP contribution in [0.3, 0.4) is 0 Å². The minimum atomic E-state index is -0.929. The summed E-state index contributed by atoms with van der Waals surface area (Å²) in [7, 11) is 0. The Morgan fingerprint density at radius 3 is 2.22 bits per heavy atom. The van der Waals surface area contributed by atoms with Crippen LogP contribution in [-0.4, -0.2) is 59.9 Å². The van der Waals surface area contributed by atoms with Crippen LogP contribution in [0.5, 0.6) is 0 Å². The number of hydrogen-bond donors (Lipinski definition) is 3. The molecule has 1 aliphatic rings. The third-order valence-electron chi connectivity index (χ3n) is 2.06. The van der Waals surface area contributed by atoms with Gasteiger partial charge in [-0.25, -0.2) is 0 Å². The number of alkyl halides is 1. The van der Waals surface area contributed by atoms with Crippen molar-refractivity contribution < 1.29 is 19.4 Å². The fraction of sp³-hybridized carbons (Fsp3) is 0.700. The Labute approximate surface area is 110 Å². The average Bonchev–Trinajstić information content (AvgIpc) is 2.37. The number of morpholine rings is 1. The maximum atomic E-state index is 11.3. The second-order valence-electron chi connectivity index (χ2n) is 3.55. The zero-order valence-corrected chi connectivity index (χ0v) is 10.8. The Hall–Kier alpha value is -1.34. The molecule has 1 heterocycles. The Morgan fingerprint density at radius 2 is 1.83 bits per heavy atom. The minimum absolute atomic E-state index is 0.0201. The molecule has 0 aromatic heterocycles. The van der Waals surface area contributed by atoms with E-state index in [-0.39, 0.29) is 30.5 Å². The molecule has 0 atom stereocenters. The fourth-order valence-electron chi connectivity index (χ4n) is 1.18. The first-order chi connectivity index (χ1) is 8.47. The second-order valence-corrected chi connectivity index (χ2v) is 3.81. The van der Waals surface area contributed by atoms with Gasteiger partial charge in [-0.3, -0.25) is 15.0 Å². The summed E-state index contributed by atoms with van der Waals surface area (Å²) in [6, 6.07) is 0. The van der Waals surface area contributed by atoms with Crippen LogP contribution in [0.4, 0.5) is 0 Å². The molecular formula is C10H18ClN3O4. The van der Waals surface area contributed by atoms with E-state index in [1.54, 1.807) is 4.90 Å². The molecule has 0 unspecified atom stereocenters. The quantitative estimate of drug-likeness (QED) is 0.376. The van der Waals surface area contributed by atoms with E-state index in [1.807, 2.05) is 0 Å². The summed E-state index contributed by atoms with van der Waals surface area (Å²) in [6.07, 6.45) is 0.00548. The van der Waals surface area contributed by atoms with Gasteiger partial charge in [0, 0.05) is 19.5 Å². The molecule has 0 spiro atoms. The van der Waals surface area contributed by atoms with Crippen LogP contribution in [-0.2, 0) is 14.3 Å². The summed E-state index contributed by atoms with van der Waals surface area (Å²) in [5.74, 6) is -0.862. The predicted octanol–water partition coefficient (Wildman–Crippen LogP) is -0.129. The van der Waals surface area contributed by atoms with Gasteiger partial charge < -0.3 is 20.5 Å². The van der Waals surface area contributed by atoms with Crippen LogP contribution in [0.2, 0.25) is 0 Å². The first kappa shape index (κ1) is 16.7. The Bertz CT molecular complexity index is 293. The number of carbonyl (C=O) groups excluding carboxylic acids is 1. The monoisotopic (exact) mass is 279 g/mol. The van der Waals surface area contributed by atoms with Crippen LogP contribution in [0, 0.1) is 5.41 Å². The first-order valence-electron chi connectivity index (χ1n) is 5.43. The van der Waals surface area contributed by atoms with Gasteiger partial charge in [-0.15, -0.1) is 11.6 Å². The molecule has 1 saturated heterocycles. The van der Waals surface area contributed by atoms with Crippen molar-refractivity contribution in [2.75, 3.05) is 32.2 Å². The van der Waals surface area contributed by atoms with Gasteiger partial charge in [-0.1, -0.05) is 0 Å². The molecule has 104 valence electrons. The molecule has 7 nitrogen and oxygen atoms in total. The topological polar surface area (TPSA) is 117 Å². The maximum Gasteiger partial charge on any atom is 0.303 e. The molecule has 1 aliphatic heterocycles. The fourth-order valence-corrected chi connectivity index (χ4v) is 1.18. The highest BCUT2D eigenvalue weighted by atomic mass is 35.5. The zero-order valence-electron chi connectivity index (χ0n) is 10.0. The van der Waals surface area contributed by atoms with E-state index < -0.39 is 5.97 Å². The van der Waals surface area contributed by atoms with Gasteiger partial charge in [-0.05, 0) is 0 Å². The molecular weight excluding hydrogens is 262 g/mol. The van der Waals surface area contributed by atoms with Gasteiger partial charge in [0.05, 0.1) is 25.5 Å². The summed E-state index contributed by atoms with van der Waals surface area (Å²) in [5, 5.41) is 14.8. The number of nitrogens with zero attached hydrogens (tertiary/aromatic N) is 1. The number of aliphatic carboxylic acids is 1. The molecule has 0 aromatic rings. The van der Waals surface area contributed by atoms with Gasteiger partial charge in [0.2, 0.25) is 5.91 Å². The Morgan fingerprint density at radius 1 is 1.33 bits per heavy atom. The van der Waals surface area contributed by atoms with E-state index in [0.717, 1.165) is 0 Å². The molecule has 18 heavy (non-hydrogen) atoms. The standard InChI is InChI=1S/C8H13NO4.C2H5ClN2/c10-7(1-2-8(11)12)9-3-5-13-6-4-9;3-1-2(4)5/h1-6H2,(H,11,12);1H2,(H3,4,5). The lowest BCUT2D eigenvalue weighted by Crippen LogP contribution is -2.40. The highest BCUT2D eigenvalue weighted by Crippen LogP contribution is 2.01. The summed E-state index contributed by atoms with van der Waals surface area (Å²) in [5.41, 5.74) is 4.74. The van der Waals surface area contributed by atoms with Crippen molar-refractivity contribution in [3.8, 4) is 0 Å². The number of nitrogens with one attached hydrogen (secondary N) is 1. The summed E-state index contributed by atoms with van der Waals surface area (Å²) in [6.45, 7) is 2.27. The first-order valence-corrected chi connectivity index (χ1v) is 5.97. The number of carbonyl (C=O) groups is 2. The number of amides is 1. The molecule has 1 fully saturated rings. The lowest BCUT2D eigenvalue weighted by molar-refractivity contribution is -0.142.